The normalized spacial score (nSPS) is 24.0. The van der Waals surface area contributed by atoms with Crippen molar-refractivity contribution in [2.75, 3.05) is 50.8 Å². The van der Waals surface area contributed by atoms with E-state index < -0.39 is 9.84 Å². The van der Waals surface area contributed by atoms with Crippen LogP contribution >= 0.6 is 22.9 Å². The fourth-order valence-electron chi connectivity index (χ4n) is 3.70. The summed E-state index contributed by atoms with van der Waals surface area (Å²) in [4.78, 5) is 20.2. The number of rotatable bonds is 6. The molecular formula is C17H26ClN3O3S2. The average Bonchev–Trinajstić information content (AvgIpc) is 3.15. The predicted molar refractivity (Wildman–Crippen MR) is 105 cm³/mol. The average molecular weight is 420 g/mol. The van der Waals surface area contributed by atoms with Gasteiger partial charge >= 0.3 is 0 Å². The van der Waals surface area contributed by atoms with Crippen LogP contribution in [0.25, 0.3) is 0 Å². The van der Waals surface area contributed by atoms with Crippen molar-refractivity contribution in [3.05, 3.63) is 21.3 Å². The first-order chi connectivity index (χ1) is 12.4. The quantitative estimate of drug-likeness (QED) is 0.700. The Bertz CT molecular complexity index is 729. The molecule has 1 aromatic rings. The van der Waals surface area contributed by atoms with Crippen LogP contribution in [0, 0.1) is 0 Å². The fraction of sp³-hybridized carbons (Fsp3) is 0.706. The summed E-state index contributed by atoms with van der Waals surface area (Å²) < 4.78 is 24.2. The van der Waals surface area contributed by atoms with E-state index in [1.165, 1.54) is 4.88 Å². The Morgan fingerprint density at radius 1 is 1.27 bits per heavy atom. The number of hydrogen-bond acceptors (Lipinski definition) is 6. The van der Waals surface area contributed by atoms with Crippen LogP contribution in [0.5, 0.6) is 0 Å². The molecule has 1 aromatic heterocycles. The van der Waals surface area contributed by atoms with Crippen molar-refractivity contribution < 1.29 is 13.2 Å². The summed E-state index contributed by atoms with van der Waals surface area (Å²) in [5, 5.41) is 0. The van der Waals surface area contributed by atoms with Crippen LogP contribution in [0.15, 0.2) is 12.1 Å². The van der Waals surface area contributed by atoms with Gasteiger partial charge in [0.2, 0.25) is 5.91 Å². The number of halogens is 1. The van der Waals surface area contributed by atoms with Gasteiger partial charge in [0.1, 0.15) is 0 Å². The number of sulfone groups is 1. The zero-order valence-electron chi connectivity index (χ0n) is 15.1. The Kier molecular flexibility index (Phi) is 6.61. The molecule has 9 heteroatoms. The van der Waals surface area contributed by atoms with Gasteiger partial charge in [-0.05, 0) is 25.5 Å². The number of piperazine rings is 1. The third kappa shape index (κ3) is 5.19. The molecular weight excluding hydrogens is 394 g/mol. The largest absolute Gasteiger partial charge is 0.338 e. The van der Waals surface area contributed by atoms with E-state index in [4.69, 9.17) is 11.6 Å². The fourth-order valence-corrected chi connectivity index (χ4v) is 6.56. The molecule has 146 valence electrons. The smallest absolute Gasteiger partial charge is 0.237 e. The number of nitrogens with zero attached hydrogens (tertiary/aromatic N) is 3. The molecule has 2 aliphatic heterocycles. The molecule has 0 aromatic carbocycles. The standard InChI is InChI=1S/C17H26ClN3O3S2/c1-2-21(14-5-10-26(23,24)13-14)17(22)12-20-8-6-19(7-9-20)11-15-3-4-16(18)25-15/h3-4,14H,2,5-13H2,1H3. The number of amides is 1. The van der Waals surface area contributed by atoms with Gasteiger partial charge in [-0.3, -0.25) is 14.6 Å². The molecule has 2 saturated heterocycles. The van der Waals surface area contributed by atoms with E-state index in [-0.39, 0.29) is 23.5 Å². The summed E-state index contributed by atoms with van der Waals surface area (Å²) in [6.45, 7) is 7.32. The second-order valence-electron chi connectivity index (χ2n) is 6.99. The van der Waals surface area contributed by atoms with Gasteiger partial charge in [0, 0.05) is 50.2 Å². The van der Waals surface area contributed by atoms with Crippen molar-refractivity contribution >= 4 is 38.7 Å². The van der Waals surface area contributed by atoms with E-state index in [9.17, 15) is 13.2 Å². The minimum atomic E-state index is -2.98. The maximum Gasteiger partial charge on any atom is 0.237 e. The number of carbonyl (C=O) groups is 1. The molecule has 0 radical (unpaired) electrons. The lowest BCUT2D eigenvalue weighted by atomic mass is 10.2. The van der Waals surface area contributed by atoms with Crippen LogP contribution in [0.1, 0.15) is 18.2 Å². The first kappa shape index (κ1) is 20.1. The molecule has 6 nitrogen and oxygen atoms in total. The molecule has 26 heavy (non-hydrogen) atoms. The van der Waals surface area contributed by atoms with Crippen LogP contribution < -0.4 is 0 Å². The molecule has 2 aliphatic rings. The highest BCUT2D eigenvalue weighted by molar-refractivity contribution is 7.91. The van der Waals surface area contributed by atoms with Crippen molar-refractivity contribution in [2.45, 2.75) is 25.9 Å². The van der Waals surface area contributed by atoms with Crippen molar-refractivity contribution in [3.8, 4) is 0 Å². The van der Waals surface area contributed by atoms with Gasteiger partial charge in [0.05, 0.1) is 22.4 Å². The van der Waals surface area contributed by atoms with Gasteiger partial charge in [-0.15, -0.1) is 11.3 Å². The summed E-state index contributed by atoms with van der Waals surface area (Å²) in [5.74, 6) is 0.365. The Labute approximate surface area is 164 Å². The molecule has 0 N–H and O–H groups in total. The highest BCUT2D eigenvalue weighted by Crippen LogP contribution is 2.23. The van der Waals surface area contributed by atoms with Crippen LogP contribution in [-0.4, -0.2) is 85.8 Å². The van der Waals surface area contributed by atoms with Crippen molar-refractivity contribution in [3.63, 3.8) is 0 Å². The zero-order valence-corrected chi connectivity index (χ0v) is 17.5. The van der Waals surface area contributed by atoms with E-state index in [0.717, 1.165) is 37.1 Å². The molecule has 0 saturated carbocycles. The maximum atomic E-state index is 12.7. The number of likely N-dealkylation sites (N-methyl/N-ethyl adjacent to an activating group) is 1. The highest BCUT2D eigenvalue weighted by atomic mass is 35.5. The molecule has 3 heterocycles. The molecule has 1 amide bonds. The van der Waals surface area contributed by atoms with Gasteiger partial charge < -0.3 is 4.90 Å². The third-order valence-electron chi connectivity index (χ3n) is 5.14. The molecule has 2 fully saturated rings. The van der Waals surface area contributed by atoms with Gasteiger partial charge in [-0.2, -0.15) is 0 Å². The molecule has 3 rings (SSSR count). The molecule has 1 atom stereocenters. The monoisotopic (exact) mass is 419 g/mol. The second kappa shape index (κ2) is 8.56. The van der Waals surface area contributed by atoms with Crippen molar-refractivity contribution in [2.24, 2.45) is 0 Å². The summed E-state index contributed by atoms with van der Waals surface area (Å²) in [6.07, 6.45) is 0.569. The lowest BCUT2D eigenvalue weighted by molar-refractivity contribution is -0.134. The lowest BCUT2D eigenvalue weighted by Gasteiger charge is -2.36. The SMILES string of the molecule is CCN(C(=O)CN1CCN(Cc2ccc(Cl)s2)CC1)C1CCS(=O)(=O)C1. The van der Waals surface area contributed by atoms with Crippen molar-refractivity contribution in [1.29, 1.82) is 0 Å². The lowest BCUT2D eigenvalue weighted by Crippen LogP contribution is -2.51. The van der Waals surface area contributed by atoms with E-state index in [1.807, 2.05) is 13.0 Å². The summed E-state index contributed by atoms with van der Waals surface area (Å²) in [6, 6.07) is 3.85. The van der Waals surface area contributed by atoms with Crippen LogP contribution in [0.2, 0.25) is 4.34 Å². The van der Waals surface area contributed by atoms with Crippen molar-refractivity contribution in [1.82, 2.24) is 14.7 Å². The first-order valence-corrected chi connectivity index (χ1v) is 12.1. The van der Waals surface area contributed by atoms with E-state index in [0.29, 0.717) is 19.5 Å². The van der Waals surface area contributed by atoms with Crippen LogP contribution in [0.4, 0.5) is 0 Å². The summed E-state index contributed by atoms with van der Waals surface area (Å²) >= 11 is 7.60. The van der Waals surface area contributed by atoms with Gasteiger partial charge in [-0.1, -0.05) is 11.6 Å². The zero-order chi connectivity index (χ0) is 18.7. The predicted octanol–water partition coefficient (Wildman–Crippen LogP) is 1.55. The van der Waals surface area contributed by atoms with Gasteiger partial charge in [0.25, 0.3) is 0 Å². The van der Waals surface area contributed by atoms with Crippen LogP contribution in [-0.2, 0) is 21.2 Å². The Morgan fingerprint density at radius 3 is 2.50 bits per heavy atom. The number of carbonyl (C=O) groups excluding carboxylic acids is 1. The van der Waals surface area contributed by atoms with Gasteiger partial charge in [0.15, 0.2) is 9.84 Å². The second-order valence-corrected chi connectivity index (χ2v) is 11.0. The van der Waals surface area contributed by atoms with Crippen LogP contribution in [0.3, 0.4) is 0 Å². The Balaban J connectivity index is 1.46. The summed E-state index contributed by atoms with van der Waals surface area (Å²) in [5.41, 5.74) is 0. The minimum absolute atomic E-state index is 0.0492. The summed E-state index contributed by atoms with van der Waals surface area (Å²) in [7, 11) is -2.98. The third-order valence-corrected chi connectivity index (χ3v) is 8.11. The highest BCUT2D eigenvalue weighted by Gasteiger charge is 2.34. The van der Waals surface area contributed by atoms with E-state index >= 15 is 0 Å². The first-order valence-electron chi connectivity index (χ1n) is 9.05. The van der Waals surface area contributed by atoms with E-state index in [2.05, 4.69) is 15.9 Å². The topological polar surface area (TPSA) is 60.9 Å². The molecule has 0 spiro atoms. The molecule has 0 aliphatic carbocycles. The maximum absolute atomic E-state index is 12.7. The molecule has 1 unspecified atom stereocenters. The van der Waals surface area contributed by atoms with Gasteiger partial charge in [-0.25, -0.2) is 8.42 Å². The Hall–Kier alpha value is -0.670. The number of hydrogen-bond donors (Lipinski definition) is 0. The Morgan fingerprint density at radius 2 is 1.96 bits per heavy atom. The number of thiophene rings is 1. The van der Waals surface area contributed by atoms with E-state index in [1.54, 1.807) is 16.2 Å². The molecule has 0 bridgehead atoms. The minimum Gasteiger partial charge on any atom is -0.338 e.